The molecule has 148 valence electrons. The molecule has 2 aromatic rings. The van der Waals surface area contributed by atoms with Crippen molar-refractivity contribution in [2.75, 3.05) is 6.61 Å². The zero-order chi connectivity index (χ0) is 20.6. The minimum atomic E-state index is -2.29. The van der Waals surface area contributed by atoms with Gasteiger partial charge < -0.3 is 14.6 Å². The van der Waals surface area contributed by atoms with E-state index in [2.05, 4.69) is 0 Å². The van der Waals surface area contributed by atoms with E-state index in [1.807, 2.05) is 6.07 Å². The fourth-order valence-electron chi connectivity index (χ4n) is 4.15. The Balaban J connectivity index is 1.89. The Kier molecular flexibility index (Phi) is 4.80. The molecule has 6 heteroatoms. The number of ether oxygens (including phenoxy) is 2. The van der Waals surface area contributed by atoms with Crippen molar-refractivity contribution in [3.8, 4) is 0 Å². The zero-order valence-corrected chi connectivity index (χ0v) is 15.8. The normalized spacial score (nSPS) is 27.7. The van der Waals surface area contributed by atoms with Gasteiger partial charge in [0.15, 0.2) is 11.4 Å². The highest BCUT2D eigenvalue weighted by molar-refractivity contribution is 6.11. The third kappa shape index (κ3) is 2.96. The molecule has 6 nitrogen and oxygen atoms in total. The highest BCUT2D eigenvalue weighted by Crippen LogP contribution is 2.50. The van der Waals surface area contributed by atoms with Crippen LogP contribution in [0.5, 0.6) is 0 Å². The maximum Gasteiger partial charge on any atom is 0.344 e. The van der Waals surface area contributed by atoms with Gasteiger partial charge in [0.2, 0.25) is 0 Å². The van der Waals surface area contributed by atoms with Gasteiger partial charge >= 0.3 is 11.9 Å². The minimum absolute atomic E-state index is 0.107. The Labute approximate surface area is 167 Å². The molecule has 0 aromatic heterocycles. The predicted octanol–water partition coefficient (Wildman–Crippen LogP) is 2.42. The van der Waals surface area contributed by atoms with E-state index in [4.69, 9.17) is 9.47 Å². The molecule has 2 bridgehead atoms. The highest BCUT2D eigenvalue weighted by Gasteiger charge is 2.66. The van der Waals surface area contributed by atoms with E-state index in [9.17, 15) is 19.5 Å². The molecule has 2 aromatic carbocycles. The maximum atomic E-state index is 13.4. The molecule has 5 rings (SSSR count). The average molecular weight is 392 g/mol. The van der Waals surface area contributed by atoms with Gasteiger partial charge in [-0.2, -0.15) is 0 Å². The fraction of sp³-hybridized carbons (Fsp3) is 0.261. The summed E-state index contributed by atoms with van der Waals surface area (Å²) >= 11 is 0. The van der Waals surface area contributed by atoms with E-state index in [1.165, 1.54) is 0 Å². The molecule has 2 aliphatic heterocycles. The Morgan fingerprint density at radius 3 is 2.31 bits per heavy atom. The van der Waals surface area contributed by atoms with E-state index >= 15 is 0 Å². The number of hydrogen-bond acceptors (Lipinski definition) is 6. The summed E-state index contributed by atoms with van der Waals surface area (Å²) in [6.45, 7) is 1.76. The van der Waals surface area contributed by atoms with Crippen LogP contribution in [0.3, 0.4) is 0 Å². The van der Waals surface area contributed by atoms with Gasteiger partial charge in [-0.25, -0.2) is 4.79 Å². The van der Waals surface area contributed by atoms with Crippen molar-refractivity contribution >= 4 is 23.3 Å². The standard InChI is InChI=1S/C23H20O6/c1-2-28-21(25)18-17-13-16(14-9-5-3-6-10-14)23(27,22(26)29-17)19(18)20(24)15-11-7-4-8-12-15/h3-13,17-19,27H,2H2,1H3. The van der Waals surface area contributed by atoms with Gasteiger partial charge in [0.25, 0.3) is 0 Å². The summed E-state index contributed by atoms with van der Waals surface area (Å²) in [4.78, 5) is 39.0. The molecule has 1 N–H and O–H groups in total. The summed E-state index contributed by atoms with van der Waals surface area (Å²) in [5, 5.41) is 11.6. The number of hydrogen-bond donors (Lipinski definition) is 1. The molecular formula is C23H20O6. The molecule has 2 heterocycles. The van der Waals surface area contributed by atoms with Crippen LogP contribution in [-0.4, -0.2) is 41.1 Å². The summed E-state index contributed by atoms with van der Waals surface area (Å²) in [5.74, 6) is -4.60. The minimum Gasteiger partial charge on any atom is -0.466 e. The second-order valence-corrected chi connectivity index (χ2v) is 7.07. The average Bonchev–Trinajstić information content (AvgIpc) is 2.74. The molecule has 0 amide bonds. The second-order valence-electron chi connectivity index (χ2n) is 7.07. The summed E-state index contributed by atoms with van der Waals surface area (Å²) in [7, 11) is 0. The van der Waals surface area contributed by atoms with Gasteiger partial charge in [0, 0.05) is 11.1 Å². The molecule has 0 spiro atoms. The molecular weight excluding hydrogens is 372 g/mol. The van der Waals surface area contributed by atoms with Crippen molar-refractivity contribution < 1.29 is 29.0 Å². The van der Waals surface area contributed by atoms with Crippen molar-refractivity contribution in [1.29, 1.82) is 0 Å². The lowest BCUT2D eigenvalue weighted by Gasteiger charge is -2.49. The zero-order valence-electron chi connectivity index (χ0n) is 15.8. The number of rotatable bonds is 5. The monoisotopic (exact) mass is 392 g/mol. The first-order valence-electron chi connectivity index (χ1n) is 9.45. The van der Waals surface area contributed by atoms with Crippen LogP contribution >= 0.6 is 0 Å². The van der Waals surface area contributed by atoms with Gasteiger partial charge in [-0.15, -0.1) is 0 Å². The molecule has 0 radical (unpaired) electrons. The first kappa shape index (κ1) is 19.1. The van der Waals surface area contributed by atoms with Gasteiger partial charge in [-0.3, -0.25) is 9.59 Å². The molecule has 0 saturated carbocycles. The largest absolute Gasteiger partial charge is 0.466 e. The smallest absolute Gasteiger partial charge is 0.344 e. The molecule has 1 fully saturated rings. The number of ketones is 1. The van der Waals surface area contributed by atoms with E-state index in [1.54, 1.807) is 67.6 Å². The predicted molar refractivity (Wildman–Crippen MR) is 104 cm³/mol. The number of carbonyl (C=O) groups excluding carboxylic acids is 3. The third-order valence-electron chi connectivity index (χ3n) is 5.44. The van der Waals surface area contributed by atoms with Crippen LogP contribution < -0.4 is 0 Å². The van der Waals surface area contributed by atoms with Crippen LogP contribution in [0.25, 0.3) is 5.57 Å². The van der Waals surface area contributed by atoms with Crippen LogP contribution in [-0.2, 0) is 19.1 Å². The highest BCUT2D eigenvalue weighted by atomic mass is 16.6. The fourth-order valence-corrected chi connectivity index (χ4v) is 4.15. The summed E-state index contributed by atoms with van der Waals surface area (Å²) in [6, 6.07) is 17.1. The molecule has 3 aliphatic rings. The van der Waals surface area contributed by atoms with Crippen LogP contribution in [0.2, 0.25) is 0 Å². The van der Waals surface area contributed by atoms with E-state index in [0.29, 0.717) is 11.1 Å². The first-order valence-corrected chi connectivity index (χ1v) is 9.45. The van der Waals surface area contributed by atoms with Crippen molar-refractivity contribution in [3.63, 3.8) is 0 Å². The Morgan fingerprint density at radius 2 is 1.69 bits per heavy atom. The van der Waals surface area contributed by atoms with Crippen LogP contribution in [0.1, 0.15) is 22.8 Å². The quantitative estimate of drug-likeness (QED) is 0.621. The molecule has 1 saturated heterocycles. The number of carbonyl (C=O) groups is 3. The maximum absolute atomic E-state index is 13.4. The van der Waals surface area contributed by atoms with E-state index in [0.717, 1.165) is 0 Å². The summed E-state index contributed by atoms with van der Waals surface area (Å²) in [6.07, 6.45) is 0.552. The number of esters is 2. The number of fused-ring (bicyclic) bond motifs is 2. The molecule has 4 unspecified atom stereocenters. The summed E-state index contributed by atoms with van der Waals surface area (Å²) < 4.78 is 10.5. The second kappa shape index (κ2) is 7.29. The van der Waals surface area contributed by atoms with Gasteiger partial charge in [0.05, 0.1) is 12.5 Å². The van der Waals surface area contributed by atoms with Crippen molar-refractivity contribution in [1.82, 2.24) is 0 Å². The molecule has 4 atom stereocenters. The van der Waals surface area contributed by atoms with Gasteiger partial charge in [-0.05, 0) is 18.6 Å². The molecule has 29 heavy (non-hydrogen) atoms. The van der Waals surface area contributed by atoms with E-state index in [-0.39, 0.29) is 12.2 Å². The lowest BCUT2D eigenvalue weighted by Crippen LogP contribution is -2.65. The Bertz CT molecular complexity index is 981. The summed E-state index contributed by atoms with van der Waals surface area (Å²) in [5.41, 5.74) is -1.13. The van der Waals surface area contributed by atoms with Gasteiger partial charge in [0.1, 0.15) is 12.0 Å². The van der Waals surface area contributed by atoms with Crippen molar-refractivity contribution in [2.45, 2.75) is 18.6 Å². The SMILES string of the molecule is CCOC(=O)C1C2C=C(c3ccccc3)C(O)(C(=O)O2)C1C(=O)c1ccccc1. The first-order chi connectivity index (χ1) is 14.0. The van der Waals surface area contributed by atoms with Crippen molar-refractivity contribution in [3.05, 3.63) is 77.9 Å². The van der Waals surface area contributed by atoms with Crippen molar-refractivity contribution in [2.24, 2.45) is 11.8 Å². The Morgan fingerprint density at radius 1 is 1.07 bits per heavy atom. The van der Waals surface area contributed by atoms with Crippen LogP contribution in [0.4, 0.5) is 0 Å². The Hall–Kier alpha value is -3.25. The number of aliphatic hydroxyl groups is 1. The topological polar surface area (TPSA) is 89.9 Å². The van der Waals surface area contributed by atoms with Crippen LogP contribution in [0.15, 0.2) is 66.7 Å². The van der Waals surface area contributed by atoms with E-state index < -0.39 is 41.3 Å². The lowest BCUT2D eigenvalue weighted by molar-refractivity contribution is -0.194. The number of Topliss-reactive ketones (excluding diaryl/α,β-unsaturated/α-hetero) is 1. The lowest BCUT2D eigenvalue weighted by atomic mass is 9.61. The van der Waals surface area contributed by atoms with Crippen LogP contribution in [0, 0.1) is 11.8 Å². The third-order valence-corrected chi connectivity index (χ3v) is 5.44. The number of benzene rings is 2. The van der Waals surface area contributed by atoms with Gasteiger partial charge in [-0.1, -0.05) is 60.7 Å². The molecule has 1 aliphatic carbocycles.